The van der Waals surface area contributed by atoms with E-state index < -0.39 is 0 Å². The van der Waals surface area contributed by atoms with Crippen molar-refractivity contribution in [3.05, 3.63) is 53.0 Å². The summed E-state index contributed by atoms with van der Waals surface area (Å²) in [4.78, 5) is 7.44. The van der Waals surface area contributed by atoms with E-state index in [1.165, 1.54) is 10.3 Å². The molecule has 5 nitrogen and oxygen atoms in total. The maximum absolute atomic E-state index is 5.54. The molecule has 26 heavy (non-hydrogen) atoms. The Balaban J connectivity index is 1.80. The van der Waals surface area contributed by atoms with Gasteiger partial charge in [0.25, 0.3) is 0 Å². The number of benzene rings is 2. The number of piperazine rings is 1. The molecule has 4 rings (SSSR count). The van der Waals surface area contributed by atoms with Gasteiger partial charge in [-0.1, -0.05) is 18.2 Å². The van der Waals surface area contributed by atoms with Crippen LogP contribution in [0.2, 0.25) is 0 Å². The molecule has 1 N–H and O–H groups in total. The number of thiazole rings is 1. The zero-order valence-corrected chi connectivity index (χ0v) is 15.9. The molecule has 1 aromatic heterocycles. The summed E-state index contributed by atoms with van der Waals surface area (Å²) in [5.41, 5.74) is 2.25. The fourth-order valence-corrected chi connectivity index (χ4v) is 4.61. The zero-order chi connectivity index (χ0) is 17.9. The minimum atomic E-state index is 0.120. The van der Waals surface area contributed by atoms with E-state index in [4.69, 9.17) is 14.5 Å². The van der Waals surface area contributed by atoms with Crippen molar-refractivity contribution in [1.82, 2.24) is 15.2 Å². The molecule has 1 aliphatic rings. The second-order valence-electron chi connectivity index (χ2n) is 6.32. The third-order valence-electron chi connectivity index (χ3n) is 4.78. The van der Waals surface area contributed by atoms with E-state index in [-0.39, 0.29) is 6.04 Å². The number of methoxy groups -OCH3 is 2. The maximum atomic E-state index is 5.54. The summed E-state index contributed by atoms with van der Waals surface area (Å²) in [6.45, 7) is 3.98. The van der Waals surface area contributed by atoms with Crippen LogP contribution in [-0.4, -0.2) is 50.3 Å². The van der Waals surface area contributed by atoms with E-state index >= 15 is 0 Å². The first kappa shape index (κ1) is 17.3. The lowest BCUT2D eigenvalue weighted by Crippen LogP contribution is -2.45. The predicted octanol–water partition coefficient (Wildman–Crippen LogP) is 3.31. The van der Waals surface area contributed by atoms with Gasteiger partial charge in [0.1, 0.15) is 5.01 Å². The van der Waals surface area contributed by atoms with Crippen LogP contribution >= 0.6 is 11.3 Å². The molecule has 1 aliphatic heterocycles. The van der Waals surface area contributed by atoms with Crippen LogP contribution in [0.15, 0.2) is 42.5 Å². The van der Waals surface area contributed by atoms with Crippen molar-refractivity contribution in [1.29, 1.82) is 0 Å². The fraction of sp³-hybridized carbons (Fsp3) is 0.350. The Morgan fingerprint density at radius 2 is 1.81 bits per heavy atom. The van der Waals surface area contributed by atoms with Crippen LogP contribution in [-0.2, 0) is 0 Å². The van der Waals surface area contributed by atoms with Crippen molar-refractivity contribution < 1.29 is 9.47 Å². The number of nitrogens with zero attached hydrogens (tertiary/aromatic N) is 2. The third-order valence-corrected chi connectivity index (χ3v) is 5.87. The number of para-hydroxylation sites is 1. The summed E-state index contributed by atoms with van der Waals surface area (Å²) in [6, 6.07) is 14.6. The Morgan fingerprint density at radius 1 is 1.04 bits per heavy atom. The van der Waals surface area contributed by atoms with Crippen LogP contribution in [0.25, 0.3) is 10.2 Å². The molecule has 1 fully saturated rings. The van der Waals surface area contributed by atoms with Crippen LogP contribution in [0, 0.1) is 0 Å². The van der Waals surface area contributed by atoms with Crippen molar-refractivity contribution in [3.63, 3.8) is 0 Å². The molecule has 0 bridgehead atoms. The molecular weight excluding hydrogens is 346 g/mol. The Morgan fingerprint density at radius 3 is 2.54 bits per heavy atom. The number of hydrogen-bond donors (Lipinski definition) is 1. The van der Waals surface area contributed by atoms with Crippen LogP contribution in [0.5, 0.6) is 11.5 Å². The first-order valence-electron chi connectivity index (χ1n) is 8.82. The summed E-state index contributed by atoms with van der Waals surface area (Å²) < 4.78 is 12.2. The molecule has 2 heterocycles. The number of ether oxygens (including phenoxy) is 2. The van der Waals surface area contributed by atoms with Crippen LogP contribution in [0.4, 0.5) is 0 Å². The lowest BCUT2D eigenvalue weighted by Gasteiger charge is -2.34. The third kappa shape index (κ3) is 3.28. The average molecular weight is 369 g/mol. The highest BCUT2D eigenvalue weighted by Gasteiger charge is 2.27. The SMILES string of the molecule is COc1ccc(C(c2nc3ccccc3s2)N2CCNCC2)cc1OC. The summed E-state index contributed by atoms with van der Waals surface area (Å²) in [7, 11) is 3.35. The lowest BCUT2D eigenvalue weighted by atomic mass is 10.0. The van der Waals surface area contributed by atoms with Gasteiger partial charge in [0.05, 0.1) is 30.5 Å². The summed E-state index contributed by atoms with van der Waals surface area (Å²) in [5.74, 6) is 1.51. The van der Waals surface area contributed by atoms with E-state index in [1.807, 2.05) is 12.1 Å². The van der Waals surface area contributed by atoms with Crippen LogP contribution in [0.3, 0.4) is 0 Å². The topological polar surface area (TPSA) is 46.6 Å². The molecule has 0 saturated carbocycles. The Kier molecular flexibility index (Phi) is 5.06. The van der Waals surface area contributed by atoms with Crippen molar-refractivity contribution in [2.24, 2.45) is 0 Å². The van der Waals surface area contributed by atoms with E-state index in [0.717, 1.165) is 48.2 Å². The minimum Gasteiger partial charge on any atom is -0.493 e. The lowest BCUT2D eigenvalue weighted by molar-refractivity contribution is 0.198. The molecule has 2 aromatic carbocycles. The number of rotatable bonds is 5. The highest BCUT2D eigenvalue weighted by atomic mass is 32.1. The summed E-state index contributed by atoms with van der Waals surface area (Å²) in [6.07, 6.45) is 0. The van der Waals surface area contributed by atoms with Crippen molar-refractivity contribution >= 4 is 21.6 Å². The monoisotopic (exact) mass is 369 g/mol. The van der Waals surface area contributed by atoms with E-state index in [9.17, 15) is 0 Å². The number of nitrogens with one attached hydrogen (secondary N) is 1. The first-order chi connectivity index (χ1) is 12.8. The highest BCUT2D eigenvalue weighted by molar-refractivity contribution is 7.18. The molecular formula is C20H23N3O2S. The van der Waals surface area contributed by atoms with Crippen molar-refractivity contribution in [2.45, 2.75) is 6.04 Å². The summed E-state index contributed by atoms with van der Waals surface area (Å²) in [5, 5.41) is 4.56. The molecule has 1 saturated heterocycles. The van der Waals surface area contributed by atoms with Gasteiger partial charge in [0.2, 0.25) is 0 Å². The molecule has 0 radical (unpaired) electrons. The van der Waals surface area contributed by atoms with Gasteiger partial charge in [-0.2, -0.15) is 0 Å². The largest absolute Gasteiger partial charge is 0.493 e. The van der Waals surface area contributed by atoms with Gasteiger partial charge in [0, 0.05) is 26.2 Å². The molecule has 1 atom stereocenters. The fourth-order valence-electron chi connectivity index (χ4n) is 3.48. The Bertz CT molecular complexity index is 857. The smallest absolute Gasteiger partial charge is 0.161 e. The normalized spacial score (nSPS) is 16.5. The van der Waals surface area contributed by atoms with Gasteiger partial charge in [-0.15, -0.1) is 11.3 Å². The molecule has 0 amide bonds. The highest BCUT2D eigenvalue weighted by Crippen LogP contribution is 2.38. The van der Waals surface area contributed by atoms with Crippen molar-refractivity contribution in [2.75, 3.05) is 40.4 Å². The number of hydrogen-bond acceptors (Lipinski definition) is 6. The second kappa shape index (κ2) is 7.61. The van der Waals surface area contributed by atoms with E-state index in [2.05, 4.69) is 40.5 Å². The first-order valence-corrected chi connectivity index (χ1v) is 9.64. The molecule has 1 unspecified atom stereocenters. The predicted molar refractivity (Wildman–Crippen MR) is 105 cm³/mol. The molecule has 3 aromatic rings. The van der Waals surface area contributed by atoms with E-state index in [0.29, 0.717) is 0 Å². The Labute approximate surface area is 157 Å². The van der Waals surface area contributed by atoms with Gasteiger partial charge < -0.3 is 14.8 Å². The maximum Gasteiger partial charge on any atom is 0.161 e. The van der Waals surface area contributed by atoms with Crippen LogP contribution < -0.4 is 14.8 Å². The summed E-state index contributed by atoms with van der Waals surface area (Å²) >= 11 is 1.77. The van der Waals surface area contributed by atoms with Crippen LogP contribution in [0.1, 0.15) is 16.6 Å². The quantitative estimate of drug-likeness (QED) is 0.748. The van der Waals surface area contributed by atoms with Gasteiger partial charge in [-0.05, 0) is 29.8 Å². The number of fused-ring (bicyclic) bond motifs is 1. The average Bonchev–Trinajstić information content (AvgIpc) is 3.12. The molecule has 0 aliphatic carbocycles. The second-order valence-corrected chi connectivity index (χ2v) is 7.38. The molecule has 6 heteroatoms. The zero-order valence-electron chi connectivity index (χ0n) is 15.1. The number of aromatic nitrogens is 1. The van der Waals surface area contributed by atoms with Gasteiger partial charge in [0.15, 0.2) is 11.5 Å². The van der Waals surface area contributed by atoms with Gasteiger partial charge in [-0.3, -0.25) is 4.90 Å². The standard InChI is InChI=1S/C20H23N3O2S/c1-24-16-8-7-14(13-17(16)25-2)19(23-11-9-21-10-12-23)20-22-15-5-3-4-6-18(15)26-20/h3-8,13,19,21H,9-12H2,1-2H3. The molecule has 0 spiro atoms. The minimum absolute atomic E-state index is 0.120. The van der Waals surface area contributed by atoms with Gasteiger partial charge >= 0.3 is 0 Å². The van der Waals surface area contributed by atoms with Crippen molar-refractivity contribution in [3.8, 4) is 11.5 Å². The molecule has 136 valence electrons. The van der Waals surface area contributed by atoms with Gasteiger partial charge in [-0.25, -0.2) is 4.98 Å². The Hall–Kier alpha value is -2.15. The van der Waals surface area contributed by atoms with E-state index in [1.54, 1.807) is 25.6 Å².